The van der Waals surface area contributed by atoms with Gasteiger partial charge in [0.1, 0.15) is 5.69 Å². The van der Waals surface area contributed by atoms with Gasteiger partial charge in [0.2, 0.25) is 0 Å². The molecule has 0 atom stereocenters. The summed E-state index contributed by atoms with van der Waals surface area (Å²) >= 11 is 0. The van der Waals surface area contributed by atoms with E-state index in [2.05, 4.69) is 10.3 Å². The van der Waals surface area contributed by atoms with E-state index in [0.717, 1.165) is 24.1 Å². The molecule has 2 rings (SSSR count). The Morgan fingerprint density at radius 2 is 2.06 bits per heavy atom. The Morgan fingerprint density at radius 1 is 1.31 bits per heavy atom. The lowest BCUT2D eigenvalue weighted by atomic mass is 10.1. The number of aldehydes is 1. The third kappa shape index (κ3) is 2.00. The van der Waals surface area contributed by atoms with Gasteiger partial charge in [-0.3, -0.25) is 4.79 Å². The fourth-order valence-corrected chi connectivity index (χ4v) is 1.66. The molecule has 0 saturated carbocycles. The minimum absolute atomic E-state index is 0.436. The fraction of sp³-hybridized carbons (Fsp3) is 0.250. The Balaban J connectivity index is 2.33. The molecule has 0 amide bonds. The summed E-state index contributed by atoms with van der Waals surface area (Å²) in [6.07, 6.45) is 1.45. The molecule has 4 heteroatoms. The van der Waals surface area contributed by atoms with Crippen LogP contribution >= 0.6 is 0 Å². The molecule has 0 bridgehead atoms. The topological polar surface area (TPSA) is 47.8 Å². The van der Waals surface area contributed by atoms with Crippen molar-refractivity contribution < 1.29 is 4.79 Å². The van der Waals surface area contributed by atoms with Gasteiger partial charge in [-0.15, -0.1) is 5.10 Å². The van der Waals surface area contributed by atoms with Gasteiger partial charge >= 0.3 is 0 Å². The summed E-state index contributed by atoms with van der Waals surface area (Å²) in [7, 11) is 0. The molecule has 0 saturated heterocycles. The van der Waals surface area contributed by atoms with Crippen LogP contribution in [0.25, 0.3) is 0 Å². The van der Waals surface area contributed by atoms with Crippen molar-refractivity contribution in [1.82, 2.24) is 15.0 Å². The number of hydrogen-bond donors (Lipinski definition) is 0. The first kappa shape index (κ1) is 10.5. The van der Waals surface area contributed by atoms with E-state index in [1.165, 1.54) is 0 Å². The van der Waals surface area contributed by atoms with Crippen molar-refractivity contribution >= 4 is 6.29 Å². The van der Waals surface area contributed by atoms with E-state index in [9.17, 15) is 4.79 Å². The van der Waals surface area contributed by atoms with E-state index in [-0.39, 0.29) is 0 Å². The predicted molar refractivity (Wildman–Crippen MR) is 60.3 cm³/mol. The Hall–Kier alpha value is -1.97. The van der Waals surface area contributed by atoms with Crippen LogP contribution in [0.2, 0.25) is 0 Å². The van der Waals surface area contributed by atoms with E-state index in [1.807, 2.05) is 37.3 Å². The van der Waals surface area contributed by atoms with Crippen LogP contribution in [0, 0.1) is 0 Å². The highest BCUT2D eigenvalue weighted by Gasteiger charge is 2.11. The van der Waals surface area contributed by atoms with Crippen molar-refractivity contribution in [3.8, 4) is 0 Å². The van der Waals surface area contributed by atoms with E-state index in [1.54, 1.807) is 4.68 Å². The zero-order valence-electron chi connectivity index (χ0n) is 9.13. The van der Waals surface area contributed by atoms with Crippen molar-refractivity contribution in [1.29, 1.82) is 0 Å². The molecule has 0 unspecified atom stereocenters. The molecule has 16 heavy (non-hydrogen) atoms. The monoisotopic (exact) mass is 215 g/mol. The minimum atomic E-state index is 0.436. The molecule has 0 spiro atoms. The Kier molecular flexibility index (Phi) is 3.10. The summed E-state index contributed by atoms with van der Waals surface area (Å²) in [6, 6.07) is 9.99. The van der Waals surface area contributed by atoms with Gasteiger partial charge in [0, 0.05) is 13.0 Å². The number of nitrogens with zero attached hydrogens (tertiary/aromatic N) is 3. The number of hydrogen-bond acceptors (Lipinski definition) is 3. The van der Waals surface area contributed by atoms with Gasteiger partial charge in [-0.25, -0.2) is 4.68 Å². The third-order valence-corrected chi connectivity index (χ3v) is 2.49. The van der Waals surface area contributed by atoms with E-state index in [4.69, 9.17) is 0 Å². The third-order valence-electron chi connectivity index (χ3n) is 2.49. The van der Waals surface area contributed by atoms with Crippen LogP contribution in [0.1, 0.15) is 28.7 Å². The van der Waals surface area contributed by atoms with E-state index < -0.39 is 0 Å². The highest BCUT2D eigenvalue weighted by Crippen LogP contribution is 2.11. The average Bonchev–Trinajstić information content (AvgIpc) is 2.72. The lowest BCUT2D eigenvalue weighted by molar-refractivity contribution is 0.111. The summed E-state index contributed by atoms with van der Waals surface area (Å²) in [5.41, 5.74) is 2.47. The van der Waals surface area contributed by atoms with Crippen molar-refractivity contribution in [2.75, 3.05) is 0 Å². The maximum atomic E-state index is 10.8. The second-order valence-corrected chi connectivity index (χ2v) is 3.52. The van der Waals surface area contributed by atoms with Gasteiger partial charge in [-0.2, -0.15) is 0 Å². The molecule has 82 valence electrons. The standard InChI is InChI=1S/C12H13N3O/c1-2-15-12(11(9-16)13-14-15)8-10-6-4-3-5-7-10/h3-7,9H,2,8H2,1H3. The summed E-state index contributed by atoms with van der Waals surface area (Å²) in [4.78, 5) is 10.8. The molecular formula is C12H13N3O. The molecule has 0 N–H and O–H groups in total. The van der Waals surface area contributed by atoms with Gasteiger partial charge < -0.3 is 0 Å². The quantitative estimate of drug-likeness (QED) is 0.729. The zero-order chi connectivity index (χ0) is 11.4. The molecule has 0 aliphatic rings. The van der Waals surface area contributed by atoms with Crippen LogP contribution in [-0.4, -0.2) is 21.3 Å². The molecule has 0 aliphatic carbocycles. The SMILES string of the molecule is CCn1nnc(C=O)c1Cc1ccccc1. The molecule has 2 aromatic rings. The average molecular weight is 215 g/mol. The molecule has 1 aromatic carbocycles. The van der Waals surface area contributed by atoms with Crippen LogP contribution in [0.4, 0.5) is 0 Å². The van der Waals surface area contributed by atoms with Crippen LogP contribution in [0.15, 0.2) is 30.3 Å². The first-order valence-corrected chi connectivity index (χ1v) is 5.26. The number of benzene rings is 1. The predicted octanol–water partition coefficient (Wildman–Crippen LogP) is 1.70. The Morgan fingerprint density at radius 3 is 2.69 bits per heavy atom. The summed E-state index contributed by atoms with van der Waals surface area (Å²) in [6.45, 7) is 2.71. The maximum Gasteiger partial charge on any atom is 0.172 e. The van der Waals surface area contributed by atoms with Crippen molar-refractivity contribution in [2.24, 2.45) is 0 Å². The van der Waals surface area contributed by atoms with Crippen LogP contribution in [0.3, 0.4) is 0 Å². The number of aromatic nitrogens is 3. The van der Waals surface area contributed by atoms with Crippen molar-refractivity contribution in [3.05, 3.63) is 47.3 Å². The lowest BCUT2D eigenvalue weighted by Crippen LogP contribution is -2.04. The van der Waals surface area contributed by atoms with Crippen LogP contribution < -0.4 is 0 Å². The smallest absolute Gasteiger partial charge is 0.172 e. The van der Waals surface area contributed by atoms with E-state index in [0.29, 0.717) is 12.1 Å². The summed E-state index contributed by atoms with van der Waals surface area (Å²) in [5, 5.41) is 7.78. The molecule has 1 aromatic heterocycles. The van der Waals surface area contributed by atoms with E-state index >= 15 is 0 Å². The molecule has 4 nitrogen and oxygen atoms in total. The highest BCUT2D eigenvalue weighted by atomic mass is 16.1. The van der Waals surface area contributed by atoms with Gasteiger partial charge in [-0.1, -0.05) is 35.5 Å². The second-order valence-electron chi connectivity index (χ2n) is 3.52. The number of aryl methyl sites for hydroxylation is 1. The number of rotatable bonds is 4. The largest absolute Gasteiger partial charge is 0.296 e. The Bertz CT molecular complexity index is 476. The van der Waals surface area contributed by atoms with Gasteiger partial charge in [0.05, 0.1) is 5.69 Å². The van der Waals surface area contributed by atoms with Gasteiger partial charge in [0.25, 0.3) is 0 Å². The zero-order valence-corrected chi connectivity index (χ0v) is 9.13. The number of carbonyl (C=O) groups is 1. The molecule has 0 radical (unpaired) electrons. The Labute approximate surface area is 93.9 Å². The fourth-order valence-electron chi connectivity index (χ4n) is 1.66. The first-order chi connectivity index (χ1) is 7.85. The van der Waals surface area contributed by atoms with Gasteiger partial charge in [0.15, 0.2) is 6.29 Å². The maximum absolute atomic E-state index is 10.8. The summed E-state index contributed by atoms with van der Waals surface area (Å²) < 4.78 is 1.76. The molecule has 1 heterocycles. The van der Waals surface area contributed by atoms with Crippen molar-refractivity contribution in [2.45, 2.75) is 19.9 Å². The number of carbonyl (C=O) groups excluding carboxylic acids is 1. The van der Waals surface area contributed by atoms with Crippen molar-refractivity contribution in [3.63, 3.8) is 0 Å². The second kappa shape index (κ2) is 4.70. The molecule has 0 fully saturated rings. The summed E-state index contributed by atoms with van der Waals surface area (Å²) in [5.74, 6) is 0. The molecule has 0 aliphatic heterocycles. The molecular weight excluding hydrogens is 202 g/mol. The normalized spacial score (nSPS) is 10.3. The lowest BCUT2D eigenvalue weighted by Gasteiger charge is -2.03. The first-order valence-electron chi connectivity index (χ1n) is 5.26. The highest BCUT2D eigenvalue weighted by molar-refractivity contribution is 5.73. The van der Waals surface area contributed by atoms with Gasteiger partial charge in [-0.05, 0) is 12.5 Å². The minimum Gasteiger partial charge on any atom is -0.296 e. The van der Waals surface area contributed by atoms with Crippen LogP contribution in [0.5, 0.6) is 0 Å². The van der Waals surface area contributed by atoms with Crippen LogP contribution in [-0.2, 0) is 13.0 Å².